The SMILES string of the molecule is CCC(=O)N1CC[N+](=C2C=CC(=C/C=C3\C=C(c4cccc(Br)c4)C=C(c4cccc(Br)c4)O3)C=C2)CC1.F[B-](F)(F)F. The Kier molecular flexibility index (Phi) is 11.2. The smallest absolute Gasteiger partial charge is 0.457 e. The molecule has 0 bridgehead atoms. The van der Waals surface area contributed by atoms with E-state index in [9.17, 15) is 22.1 Å². The second-order valence-electron chi connectivity index (χ2n) is 9.77. The predicted molar refractivity (Wildman–Crippen MR) is 172 cm³/mol. The van der Waals surface area contributed by atoms with Gasteiger partial charge in [-0.25, -0.2) is 4.58 Å². The number of rotatable bonds is 4. The number of piperazine rings is 1. The lowest BCUT2D eigenvalue weighted by atomic mass is 10.0. The molecular weight excluding hydrogens is 691 g/mol. The van der Waals surface area contributed by atoms with Crippen LogP contribution in [0, 0.1) is 0 Å². The van der Waals surface area contributed by atoms with Gasteiger partial charge in [0.15, 0.2) is 18.8 Å². The van der Waals surface area contributed by atoms with Gasteiger partial charge in [0.1, 0.15) is 11.5 Å². The van der Waals surface area contributed by atoms with Gasteiger partial charge in [0, 0.05) is 33.1 Å². The molecule has 224 valence electrons. The van der Waals surface area contributed by atoms with Crippen LogP contribution in [0.2, 0.25) is 0 Å². The van der Waals surface area contributed by atoms with E-state index in [-0.39, 0.29) is 5.91 Å². The van der Waals surface area contributed by atoms with Gasteiger partial charge in [0.25, 0.3) is 0 Å². The average molecular weight is 720 g/mol. The molecule has 1 fully saturated rings. The molecule has 1 aliphatic carbocycles. The van der Waals surface area contributed by atoms with E-state index < -0.39 is 7.25 Å². The van der Waals surface area contributed by atoms with Crippen LogP contribution in [0.5, 0.6) is 0 Å². The first-order valence-electron chi connectivity index (χ1n) is 13.7. The summed E-state index contributed by atoms with van der Waals surface area (Å²) in [6.45, 7) is 5.21. The molecule has 0 aromatic heterocycles. The minimum atomic E-state index is -6.00. The minimum Gasteiger partial charge on any atom is -0.457 e. The predicted octanol–water partition coefficient (Wildman–Crippen LogP) is 8.61. The third-order valence-electron chi connectivity index (χ3n) is 6.71. The topological polar surface area (TPSA) is 32.5 Å². The quantitative estimate of drug-likeness (QED) is 0.180. The molecule has 0 atom stereocenters. The Morgan fingerprint density at radius 1 is 0.907 bits per heavy atom. The number of halogens is 6. The second-order valence-corrected chi connectivity index (χ2v) is 11.6. The van der Waals surface area contributed by atoms with Crippen molar-refractivity contribution < 1.29 is 31.4 Å². The molecule has 0 unspecified atom stereocenters. The summed E-state index contributed by atoms with van der Waals surface area (Å²) < 4.78 is 49.7. The number of nitrogens with zero attached hydrogens (tertiary/aromatic N) is 2. The van der Waals surface area contributed by atoms with E-state index in [1.165, 1.54) is 5.71 Å². The Morgan fingerprint density at radius 2 is 1.49 bits per heavy atom. The van der Waals surface area contributed by atoms with E-state index in [1.54, 1.807) is 0 Å². The van der Waals surface area contributed by atoms with Crippen LogP contribution in [0.3, 0.4) is 0 Å². The molecule has 0 spiro atoms. The highest BCUT2D eigenvalue weighted by atomic mass is 79.9. The van der Waals surface area contributed by atoms with Crippen LogP contribution < -0.4 is 0 Å². The van der Waals surface area contributed by atoms with E-state index in [0.29, 0.717) is 6.42 Å². The first-order chi connectivity index (χ1) is 20.5. The van der Waals surface area contributed by atoms with Crippen molar-refractivity contribution in [3.05, 3.63) is 129 Å². The highest BCUT2D eigenvalue weighted by Gasteiger charge is 2.24. The summed E-state index contributed by atoms with van der Waals surface area (Å²) in [7, 11) is -6.00. The van der Waals surface area contributed by atoms with E-state index in [0.717, 1.165) is 68.9 Å². The summed E-state index contributed by atoms with van der Waals surface area (Å²) in [4.78, 5) is 13.9. The van der Waals surface area contributed by atoms with Crippen molar-refractivity contribution in [1.29, 1.82) is 0 Å². The van der Waals surface area contributed by atoms with Crippen LogP contribution in [0.4, 0.5) is 17.3 Å². The Labute approximate surface area is 265 Å². The third-order valence-corrected chi connectivity index (χ3v) is 7.70. The van der Waals surface area contributed by atoms with Crippen molar-refractivity contribution in [2.24, 2.45) is 0 Å². The van der Waals surface area contributed by atoms with Gasteiger partial charge in [0.2, 0.25) is 5.91 Å². The zero-order valence-corrected chi connectivity index (χ0v) is 26.5. The number of hydrogen-bond acceptors (Lipinski definition) is 2. The molecular formula is C32H29BBr2F4N2O2. The summed E-state index contributed by atoms with van der Waals surface area (Å²) >= 11 is 7.17. The Balaban J connectivity index is 0.000000782. The number of benzene rings is 2. The van der Waals surface area contributed by atoms with E-state index in [1.807, 2.05) is 42.2 Å². The average Bonchev–Trinajstić information content (AvgIpc) is 2.99. The molecule has 0 saturated carbocycles. The van der Waals surface area contributed by atoms with Crippen LogP contribution in [0.15, 0.2) is 117 Å². The van der Waals surface area contributed by atoms with Crippen LogP contribution in [0.25, 0.3) is 11.3 Å². The normalized spacial score (nSPS) is 17.6. The summed E-state index contributed by atoms with van der Waals surface area (Å²) in [5.41, 5.74) is 5.50. The van der Waals surface area contributed by atoms with E-state index >= 15 is 0 Å². The Bertz CT molecular complexity index is 1560. The van der Waals surface area contributed by atoms with Gasteiger partial charge in [0.05, 0.1) is 13.1 Å². The highest BCUT2D eigenvalue weighted by Crippen LogP contribution is 2.33. The Hall–Kier alpha value is -3.44. The van der Waals surface area contributed by atoms with Crippen LogP contribution in [-0.2, 0) is 9.53 Å². The molecule has 0 N–H and O–H groups in total. The zero-order chi connectivity index (χ0) is 31.0. The molecule has 0 radical (unpaired) electrons. The molecule has 2 aromatic rings. The molecule has 2 heterocycles. The summed E-state index contributed by atoms with van der Waals surface area (Å²) in [5, 5.41) is 0. The van der Waals surface area contributed by atoms with Crippen molar-refractivity contribution in [3.8, 4) is 0 Å². The van der Waals surface area contributed by atoms with Crippen molar-refractivity contribution in [2.75, 3.05) is 26.2 Å². The van der Waals surface area contributed by atoms with Crippen molar-refractivity contribution in [3.63, 3.8) is 0 Å². The van der Waals surface area contributed by atoms with E-state index in [2.05, 4.69) is 103 Å². The number of allylic oxidation sites excluding steroid dienone is 10. The van der Waals surface area contributed by atoms with Gasteiger partial charge in [-0.1, -0.05) is 69.1 Å². The largest absolute Gasteiger partial charge is 0.673 e. The fourth-order valence-electron chi connectivity index (χ4n) is 4.64. The zero-order valence-electron chi connectivity index (χ0n) is 23.3. The number of ether oxygens (including phenoxy) is 1. The molecule has 3 aliphatic rings. The van der Waals surface area contributed by atoms with E-state index in [4.69, 9.17) is 4.74 Å². The lowest BCUT2D eigenvalue weighted by Crippen LogP contribution is -2.46. The maximum absolute atomic E-state index is 12.0. The number of hydrogen-bond donors (Lipinski definition) is 0. The fourth-order valence-corrected chi connectivity index (χ4v) is 5.43. The van der Waals surface area contributed by atoms with Gasteiger partial charge in [-0.05, 0) is 71.4 Å². The van der Waals surface area contributed by atoms with Crippen LogP contribution in [-0.4, -0.2) is 54.5 Å². The molecule has 11 heteroatoms. The van der Waals surface area contributed by atoms with Crippen LogP contribution in [0.1, 0.15) is 24.5 Å². The Morgan fingerprint density at radius 3 is 2.07 bits per heavy atom. The first kappa shape index (κ1) is 32.5. The molecule has 1 amide bonds. The highest BCUT2D eigenvalue weighted by molar-refractivity contribution is 9.10. The van der Waals surface area contributed by atoms with Gasteiger partial charge < -0.3 is 26.9 Å². The monoisotopic (exact) mass is 718 g/mol. The second kappa shape index (κ2) is 14.8. The van der Waals surface area contributed by atoms with Crippen LogP contribution >= 0.6 is 31.9 Å². The molecule has 5 rings (SSSR count). The van der Waals surface area contributed by atoms with Crippen molar-refractivity contribution >= 4 is 62.1 Å². The van der Waals surface area contributed by atoms with Crippen molar-refractivity contribution in [1.82, 2.24) is 4.90 Å². The van der Waals surface area contributed by atoms with Gasteiger partial charge in [-0.3, -0.25) is 4.79 Å². The van der Waals surface area contributed by atoms with Crippen molar-refractivity contribution in [2.45, 2.75) is 13.3 Å². The molecule has 2 aliphatic heterocycles. The standard InChI is InChI=1S/C32H29Br2N2O2.BF4/c1-2-32(37)36-17-15-35(16-18-36)29-12-9-23(10-13-29)11-14-30-21-26(24-5-3-7-27(33)19-24)22-31(38-30)25-6-4-8-28(34)20-25;2-1(3,4)5/h3-14,19-22H,2,15-18H2,1H3;/q+1;-1/b30-14+;. The summed E-state index contributed by atoms with van der Waals surface area (Å²) in [6.07, 6.45) is 17.4. The number of carbonyl (C=O) groups excluding carboxylic acids is 1. The molecule has 2 aromatic carbocycles. The maximum atomic E-state index is 12.0. The molecule has 4 nitrogen and oxygen atoms in total. The summed E-state index contributed by atoms with van der Waals surface area (Å²) in [6, 6.07) is 16.4. The third kappa shape index (κ3) is 10.1. The number of amides is 1. The van der Waals surface area contributed by atoms with Gasteiger partial charge >= 0.3 is 7.25 Å². The van der Waals surface area contributed by atoms with Gasteiger partial charge in [-0.2, -0.15) is 0 Å². The fraction of sp³-hybridized carbons (Fsp3) is 0.188. The first-order valence-corrected chi connectivity index (χ1v) is 15.3. The maximum Gasteiger partial charge on any atom is 0.673 e. The number of carbonyl (C=O) groups is 1. The lowest BCUT2D eigenvalue weighted by Gasteiger charge is -2.25. The summed E-state index contributed by atoms with van der Waals surface area (Å²) in [5.74, 6) is 1.82. The van der Waals surface area contributed by atoms with Gasteiger partial charge in [-0.15, -0.1) is 0 Å². The molecule has 1 saturated heterocycles. The minimum absolute atomic E-state index is 0.238. The lowest BCUT2D eigenvalue weighted by molar-refractivity contribution is -0.536. The molecule has 43 heavy (non-hydrogen) atoms.